The minimum Gasteiger partial charge on any atom is -0.394 e. The molecule has 27 heavy (non-hydrogen) atoms. The fourth-order valence-electron chi connectivity index (χ4n) is 2.95. The van der Waals surface area contributed by atoms with E-state index in [1.54, 1.807) is 6.20 Å². The first kappa shape index (κ1) is 17.6. The Hall–Kier alpha value is -2.78. The van der Waals surface area contributed by atoms with E-state index < -0.39 is 5.54 Å². The van der Waals surface area contributed by atoms with Crippen molar-refractivity contribution >= 4 is 22.8 Å². The lowest BCUT2D eigenvalue weighted by Gasteiger charge is -2.28. The first-order valence-corrected chi connectivity index (χ1v) is 8.96. The van der Waals surface area contributed by atoms with Crippen LogP contribution in [0.4, 0.5) is 11.9 Å². The van der Waals surface area contributed by atoms with Crippen molar-refractivity contribution < 1.29 is 9.84 Å². The van der Waals surface area contributed by atoms with Crippen LogP contribution < -0.4 is 10.2 Å². The lowest BCUT2D eigenvalue weighted by molar-refractivity contribution is 0.122. The highest BCUT2D eigenvalue weighted by Gasteiger charge is 2.22. The fourth-order valence-corrected chi connectivity index (χ4v) is 2.95. The number of morpholine rings is 1. The molecule has 1 saturated heterocycles. The first-order valence-electron chi connectivity index (χ1n) is 8.96. The maximum absolute atomic E-state index is 9.60. The summed E-state index contributed by atoms with van der Waals surface area (Å²) in [6.07, 6.45) is 1.77. The third kappa shape index (κ3) is 3.69. The molecule has 1 aromatic carbocycles. The highest BCUT2D eigenvalue weighted by atomic mass is 16.5. The zero-order chi connectivity index (χ0) is 18.9. The van der Waals surface area contributed by atoms with E-state index in [1.165, 1.54) is 0 Å². The van der Waals surface area contributed by atoms with E-state index in [1.807, 2.05) is 32.0 Å². The monoisotopic (exact) mass is 369 g/mol. The molecule has 3 aromatic rings. The van der Waals surface area contributed by atoms with Gasteiger partial charge in [-0.3, -0.25) is 5.10 Å². The number of fused-ring (bicyclic) bond motifs is 1. The molecule has 0 unspecified atom stereocenters. The summed E-state index contributed by atoms with van der Waals surface area (Å²) in [5.74, 6) is 1.59. The number of aliphatic hydroxyl groups excluding tert-OH is 1. The van der Waals surface area contributed by atoms with E-state index in [4.69, 9.17) is 9.72 Å². The Morgan fingerprint density at radius 1 is 1.22 bits per heavy atom. The molecular formula is C18H23N7O2. The van der Waals surface area contributed by atoms with Crippen LogP contribution in [0.2, 0.25) is 0 Å². The number of hydrogen-bond acceptors (Lipinski definition) is 8. The molecule has 0 atom stereocenters. The van der Waals surface area contributed by atoms with Gasteiger partial charge in [0.25, 0.3) is 0 Å². The summed E-state index contributed by atoms with van der Waals surface area (Å²) >= 11 is 0. The van der Waals surface area contributed by atoms with Crippen molar-refractivity contribution in [3.05, 3.63) is 24.4 Å². The van der Waals surface area contributed by atoms with Crippen LogP contribution in [0.1, 0.15) is 13.8 Å². The van der Waals surface area contributed by atoms with Crippen molar-refractivity contribution in [2.75, 3.05) is 43.1 Å². The molecule has 3 N–H and O–H groups in total. The summed E-state index contributed by atoms with van der Waals surface area (Å²) < 4.78 is 5.44. The topological polar surface area (TPSA) is 112 Å². The van der Waals surface area contributed by atoms with Gasteiger partial charge in [0.2, 0.25) is 11.9 Å². The second-order valence-corrected chi connectivity index (χ2v) is 7.19. The third-order valence-corrected chi connectivity index (χ3v) is 4.49. The minimum atomic E-state index is -0.553. The first-order chi connectivity index (χ1) is 13.1. The number of hydrogen-bond donors (Lipinski definition) is 3. The predicted octanol–water partition coefficient (Wildman–Crippen LogP) is 1.43. The molecule has 4 rings (SSSR count). The average Bonchev–Trinajstić information content (AvgIpc) is 3.17. The Kier molecular flexibility index (Phi) is 4.63. The van der Waals surface area contributed by atoms with Gasteiger partial charge in [-0.25, -0.2) is 0 Å². The van der Waals surface area contributed by atoms with E-state index in [0.717, 1.165) is 29.6 Å². The second-order valence-electron chi connectivity index (χ2n) is 7.19. The van der Waals surface area contributed by atoms with Gasteiger partial charge in [-0.05, 0) is 19.9 Å². The average molecular weight is 369 g/mol. The molecule has 9 nitrogen and oxygen atoms in total. The van der Waals surface area contributed by atoms with Crippen molar-refractivity contribution in [1.82, 2.24) is 25.1 Å². The van der Waals surface area contributed by atoms with Crippen molar-refractivity contribution in [3.63, 3.8) is 0 Å². The minimum absolute atomic E-state index is 0.0434. The van der Waals surface area contributed by atoms with Crippen molar-refractivity contribution in [3.8, 4) is 11.4 Å². The normalized spacial score (nSPS) is 15.3. The molecule has 1 aliphatic heterocycles. The largest absolute Gasteiger partial charge is 0.394 e. The number of H-pyrrole nitrogens is 1. The van der Waals surface area contributed by atoms with Gasteiger partial charge in [0, 0.05) is 24.0 Å². The van der Waals surface area contributed by atoms with Gasteiger partial charge in [-0.15, -0.1) is 0 Å². The van der Waals surface area contributed by atoms with Gasteiger partial charge in [0.1, 0.15) is 0 Å². The predicted molar refractivity (Wildman–Crippen MR) is 103 cm³/mol. The number of aliphatic hydroxyl groups is 1. The fraction of sp³-hybridized carbons (Fsp3) is 0.444. The zero-order valence-corrected chi connectivity index (χ0v) is 15.4. The quantitative estimate of drug-likeness (QED) is 0.619. The van der Waals surface area contributed by atoms with Crippen molar-refractivity contribution in [1.29, 1.82) is 0 Å². The highest BCUT2D eigenvalue weighted by molar-refractivity contribution is 5.92. The van der Waals surface area contributed by atoms with E-state index >= 15 is 0 Å². The maximum Gasteiger partial charge on any atom is 0.230 e. The summed E-state index contributed by atoms with van der Waals surface area (Å²) in [5.41, 5.74) is 1.25. The summed E-state index contributed by atoms with van der Waals surface area (Å²) in [4.78, 5) is 16.0. The van der Waals surface area contributed by atoms with Gasteiger partial charge in [0.15, 0.2) is 5.82 Å². The summed E-state index contributed by atoms with van der Waals surface area (Å²) in [6, 6.07) is 5.87. The smallest absolute Gasteiger partial charge is 0.230 e. The molecule has 1 aliphatic rings. The molecule has 0 spiro atoms. The molecule has 9 heteroatoms. The van der Waals surface area contributed by atoms with E-state index in [0.29, 0.717) is 30.9 Å². The van der Waals surface area contributed by atoms with Crippen LogP contribution in [0.15, 0.2) is 24.4 Å². The number of aromatic nitrogens is 5. The van der Waals surface area contributed by atoms with Gasteiger partial charge >= 0.3 is 0 Å². The Balaban J connectivity index is 1.81. The van der Waals surface area contributed by atoms with Crippen LogP contribution in [0, 0.1) is 0 Å². The van der Waals surface area contributed by atoms with Crippen LogP contribution >= 0.6 is 0 Å². The lowest BCUT2D eigenvalue weighted by atomic mass is 10.1. The summed E-state index contributed by atoms with van der Waals surface area (Å²) in [7, 11) is 0. The van der Waals surface area contributed by atoms with Crippen molar-refractivity contribution in [2.24, 2.45) is 0 Å². The number of nitrogens with zero attached hydrogens (tertiary/aromatic N) is 5. The van der Waals surface area contributed by atoms with E-state index in [2.05, 4.69) is 30.4 Å². The molecule has 142 valence electrons. The summed E-state index contributed by atoms with van der Waals surface area (Å²) in [5, 5.41) is 20.9. The number of ether oxygens (including phenoxy) is 1. The van der Waals surface area contributed by atoms with Gasteiger partial charge in [-0.1, -0.05) is 12.1 Å². The van der Waals surface area contributed by atoms with Gasteiger partial charge in [-0.2, -0.15) is 20.1 Å². The SMILES string of the molecule is CC(C)(CO)Nc1nc(-c2cccc3[nH]ncc23)nc(N2CCOCC2)n1. The molecular weight excluding hydrogens is 346 g/mol. The van der Waals surface area contributed by atoms with Crippen LogP contribution in [-0.4, -0.2) is 68.7 Å². The molecule has 3 heterocycles. The van der Waals surface area contributed by atoms with Crippen LogP contribution in [-0.2, 0) is 4.74 Å². The van der Waals surface area contributed by atoms with E-state index in [9.17, 15) is 5.11 Å². The Labute approximate surface area is 156 Å². The number of aromatic amines is 1. The zero-order valence-electron chi connectivity index (χ0n) is 15.4. The van der Waals surface area contributed by atoms with E-state index in [-0.39, 0.29) is 6.61 Å². The molecule has 0 amide bonds. The highest BCUT2D eigenvalue weighted by Crippen LogP contribution is 2.27. The van der Waals surface area contributed by atoms with Crippen LogP contribution in [0.25, 0.3) is 22.3 Å². The lowest BCUT2D eigenvalue weighted by Crippen LogP contribution is -2.39. The molecule has 2 aromatic heterocycles. The summed E-state index contributed by atoms with van der Waals surface area (Å²) in [6.45, 7) is 6.47. The number of anilines is 2. The second kappa shape index (κ2) is 7.09. The molecule has 0 bridgehead atoms. The standard InChI is InChI=1S/C18H23N7O2/c1-18(2,11-26)23-16-20-15(12-4-3-5-14-13(12)10-19-24-14)21-17(22-16)25-6-8-27-9-7-25/h3-5,10,26H,6-9,11H2,1-2H3,(H,19,24)(H,20,21,22,23). The molecule has 1 fully saturated rings. The van der Waals surface area contributed by atoms with Crippen LogP contribution in [0.3, 0.4) is 0 Å². The number of benzene rings is 1. The van der Waals surface area contributed by atoms with Gasteiger partial charge in [0.05, 0.1) is 37.1 Å². The molecule has 0 radical (unpaired) electrons. The Bertz CT molecular complexity index is 934. The number of rotatable bonds is 5. The maximum atomic E-state index is 9.60. The van der Waals surface area contributed by atoms with Crippen molar-refractivity contribution in [2.45, 2.75) is 19.4 Å². The number of nitrogens with one attached hydrogen (secondary N) is 2. The van der Waals surface area contributed by atoms with Gasteiger partial charge < -0.3 is 20.1 Å². The molecule has 0 aliphatic carbocycles. The Morgan fingerprint density at radius 3 is 2.81 bits per heavy atom. The van der Waals surface area contributed by atoms with Crippen LogP contribution in [0.5, 0.6) is 0 Å². The Morgan fingerprint density at radius 2 is 2.04 bits per heavy atom. The molecule has 0 saturated carbocycles. The third-order valence-electron chi connectivity index (χ3n) is 4.49.